The van der Waals surface area contributed by atoms with Crippen LogP contribution in [0, 0.1) is 5.92 Å². The average Bonchev–Trinajstić information content (AvgIpc) is 3.29. The number of nitrogens with one attached hydrogen (secondary N) is 1. The fourth-order valence-corrected chi connectivity index (χ4v) is 5.44. The van der Waals surface area contributed by atoms with Crippen molar-refractivity contribution in [3.63, 3.8) is 0 Å². The van der Waals surface area contributed by atoms with Crippen LogP contribution in [-0.4, -0.2) is 44.0 Å². The van der Waals surface area contributed by atoms with Gasteiger partial charge in [0.2, 0.25) is 5.91 Å². The minimum Gasteiger partial charge on any atom is -0.369 e. The van der Waals surface area contributed by atoms with Crippen LogP contribution in [0.1, 0.15) is 62.5 Å². The third kappa shape index (κ3) is 5.99. The number of benzene rings is 2. The number of amides is 1. The molecule has 32 heavy (non-hydrogen) atoms. The lowest BCUT2D eigenvalue weighted by Gasteiger charge is -2.37. The van der Waals surface area contributed by atoms with Crippen LogP contribution >= 0.6 is 0 Å². The Labute approximate surface area is 194 Å². The molecule has 3 rings (SSSR count). The van der Waals surface area contributed by atoms with E-state index in [1.807, 2.05) is 43.4 Å². The van der Waals surface area contributed by atoms with Crippen molar-refractivity contribution in [1.82, 2.24) is 10.2 Å². The number of rotatable bonds is 14. The summed E-state index contributed by atoms with van der Waals surface area (Å²) in [4.78, 5) is 15.7. The molecule has 1 saturated heterocycles. The summed E-state index contributed by atoms with van der Waals surface area (Å²) in [6, 6.07) is 20.3. The van der Waals surface area contributed by atoms with Gasteiger partial charge < -0.3 is 16.0 Å². The molecular formula is C28H41N3O. The van der Waals surface area contributed by atoms with Crippen molar-refractivity contribution in [2.24, 2.45) is 11.7 Å². The summed E-state index contributed by atoms with van der Waals surface area (Å²) in [6.07, 6.45) is 10.2. The van der Waals surface area contributed by atoms with Crippen LogP contribution in [0.3, 0.4) is 0 Å². The second kappa shape index (κ2) is 12.8. The van der Waals surface area contributed by atoms with Crippen molar-refractivity contribution in [2.75, 3.05) is 33.2 Å². The summed E-state index contributed by atoms with van der Waals surface area (Å²) < 4.78 is 0. The predicted molar refractivity (Wildman–Crippen MR) is 134 cm³/mol. The molecule has 0 aliphatic carbocycles. The lowest BCUT2D eigenvalue weighted by molar-refractivity contribution is -0.123. The molecule has 1 heterocycles. The van der Waals surface area contributed by atoms with Crippen LogP contribution in [0.4, 0.5) is 0 Å². The second-order valence-electron chi connectivity index (χ2n) is 9.27. The zero-order chi connectivity index (χ0) is 22.7. The highest BCUT2D eigenvalue weighted by Crippen LogP contribution is 2.43. The zero-order valence-electron chi connectivity index (χ0n) is 19.8. The molecule has 4 heteroatoms. The van der Waals surface area contributed by atoms with Crippen molar-refractivity contribution in [3.8, 4) is 0 Å². The Balaban J connectivity index is 1.59. The summed E-state index contributed by atoms with van der Waals surface area (Å²) in [5.41, 5.74) is 7.46. The lowest BCUT2D eigenvalue weighted by atomic mass is 9.64. The Bertz CT molecular complexity index is 753. The van der Waals surface area contributed by atoms with E-state index in [1.54, 1.807) is 0 Å². The van der Waals surface area contributed by atoms with Gasteiger partial charge in [0.1, 0.15) is 5.41 Å². The molecule has 0 aromatic heterocycles. The van der Waals surface area contributed by atoms with E-state index >= 15 is 0 Å². The number of primary amides is 1. The summed E-state index contributed by atoms with van der Waals surface area (Å²) in [7, 11) is 2.02. The standard InChI is InChI=1S/C28H41N3O/c1-30-20-13-5-3-2-4-6-14-21-31-22-19-26(23-31)28(27(29)32,24-15-9-7-10-16-24)25-17-11-8-12-18-25/h7-12,15-18,26,30H,2-6,13-14,19-23H2,1H3,(H2,29,32). The van der Waals surface area contributed by atoms with E-state index in [0.717, 1.165) is 43.7 Å². The van der Waals surface area contributed by atoms with E-state index in [-0.39, 0.29) is 11.8 Å². The molecule has 2 aromatic carbocycles. The van der Waals surface area contributed by atoms with E-state index in [2.05, 4.69) is 34.5 Å². The third-order valence-electron chi connectivity index (χ3n) is 7.13. The quantitative estimate of drug-likeness (QED) is 0.422. The minimum absolute atomic E-state index is 0.192. The fraction of sp³-hybridized carbons (Fsp3) is 0.536. The maximum absolute atomic E-state index is 13.1. The number of nitrogens with zero attached hydrogens (tertiary/aromatic N) is 1. The first-order valence-electron chi connectivity index (χ1n) is 12.5. The molecule has 174 valence electrons. The monoisotopic (exact) mass is 435 g/mol. The van der Waals surface area contributed by atoms with Crippen molar-refractivity contribution < 1.29 is 4.79 Å². The Morgan fingerprint density at radius 1 is 0.906 bits per heavy atom. The molecule has 1 atom stereocenters. The Hall–Kier alpha value is -2.17. The predicted octanol–water partition coefficient (Wildman–Crippen LogP) is 4.73. The molecule has 0 spiro atoms. The summed E-state index contributed by atoms with van der Waals surface area (Å²) in [5, 5.41) is 3.22. The van der Waals surface area contributed by atoms with Gasteiger partial charge in [-0.1, -0.05) is 92.8 Å². The van der Waals surface area contributed by atoms with E-state index in [0.29, 0.717) is 0 Å². The van der Waals surface area contributed by atoms with Gasteiger partial charge in [-0.05, 0) is 63.0 Å². The number of likely N-dealkylation sites (tertiary alicyclic amines) is 1. The van der Waals surface area contributed by atoms with Gasteiger partial charge in [-0.15, -0.1) is 0 Å². The highest BCUT2D eigenvalue weighted by Gasteiger charge is 2.49. The van der Waals surface area contributed by atoms with Gasteiger partial charge in [0.15, 0.2) is 0 Å². The van der Waals surface area contributed by atoms with Crippen molar-refractivity contribution in [3.05, 3.63) is 71.8 Å². The van der Waals surface area contributed by atoms with Crippen LogP contribution < -0.4 is 11.1 Å². The number of unbranched alkanes of at least 4 members (excludes halogenated alkanes) is 6. The molecule has 4 nitrogen and oxygen atoms in total. The van der Waals surface area contributed by atoms with Gasteiger partial charge in [-0.2, -0.15) is 0 Å². The molecule has 1 amide bonds. The molecular weight excluding hydrogens is 394 g/mol. The molecule has 2 aromatic rings. The fourth-order valence-electron chi connectivity index (χ4n) is 5.44. The molecule has 0 bridgehead atoms. The number of hydrogen-bond donors (Lipinski definition) is 2. The van der Waals surface area contributed by atoms with Crippen LogP contribution in [0.2, 0.25) is 0 Å². The molecule has 3 N–H and O–H groups in total. The van der Waals surface area contributed by atoms with Crippen molar-refractivity contribution >= 4 is 5.91 Å². The van der Waals surface area contributed by atoms with E-state index in [4.69, 9.17) is 5.73 Å². The molecule has 0 radical (unpaired) electrons. The first kappa shape index (κ1) is 24.5. The van der Waals surface area contributed by atoms with Crippen LogP contribution in [0.5, 0.6) is 0 Å². The van der Waals surface area contributed by atoms with E-state index in [9.17, 15) is 4.79 Å². The maximum atomic E-state index is 13.1. The minimum atomic E-state index is -0.773. The lowest BCUT2D eigenvalue weighted by Crippen LogP contribution is -2.49. The van der Waals surface area contributed by atoms with Crippen LogP contribution in [-0.2, 0) is 10.2 Å². The van der Waals surface area contributed by atoms with Gasteiger partial charge >= 0.3 is 0 Å². The highest BCUT2D eigenvalue weighted by atomic mass is 16.1. The number of nitrogens with two attached hydrogens (primary N) is 1. The van der Waals surface area contributed by atoms with Crippen LogP contribution in [0.25, 0.3) is 0 Å². The number of hydrogen-bond acceptors (Lipinski definition) is 3. The Morgan fingerprint density at radius 2 is 1.44 bits per heavy atom. The molecule has 1 unspecified atom stereocenters. The van der Waals surface area contributed by atoms with Crippen LogP contribution in [0.15, 0.2) is 60.7 Å². The average molecular weight is 436 g/mol. The zero-order valence-corrected chi connectivity index (χ0v) is 19.8. The van der Waals surface area contributed by atoms with Crippen molar-refractivity contribution in [2.45, 2.75) is 56.8 Å². The first-order chi connectivity index (χ1) is 15.7. The summed E-state index contributed by atoms with van der Waals surface area (Å²) in [5.74, 6) is -0.0444. The van der Waals surface area contributed by atoms with Gasteiger partial charge in [-0.3, -0.25) is 4.79 Å². The first-order valence-corrected chi connectivity index (χ1v) is 12.5. The summed E-state index contributed by atoms with van der Waals surface area (Å²) in [6.45, 7) is 4.23. The second-order valence-corrected chi connectivity index (χ2v) is 9.27. The number of carbonyl (C=O) groups is 1. The Kier molecular flexibility index (Phi) is 9.76. The van der Waals surface area contributed by atoms with Gasteiger partial charge in [0.05, 0.1) is 0 Å². The summed E-state index contributed by atoms with van der Waals surface area (Å²) >= 11 is 0. The number of carbonyl (C=O) groups excluding carboxylic acids is 1. The highest BCUT2D eigenvalue weighted by molar-refractivity contribution is 5.91. The molecule has 1 aliphatic rings. The normalized spacial score (nSPS) is 17.0. The Morgan fingerprint density at radius 3 is 1.97 bits per heavy atom. The van der Waals surface area contributed by atoms with E-state index < -0.39 is 5.41 Å². The van der Waals surface area contributed by atoms with Crippen molar-refractivity contribution in [1.29, 1.82) is 0 Å². The maximum Gasteiger partial charge on any atom is 0.232 e. The molecule has 1 fully saturated rings. The SMILES string of the molecule is CNCCCCCCCCCN1CCC(C(C(N)=O)(c2ccccc2)c2ccccc2)C1. The van der Waals surface area contributed by atoms with E-state index in [1.165, 1.54) is 44.9 Å². The molecule has 1 aliphatic heterocycles. The largest absolute Gasteiger partial charge is 0.369 e. The van der Waals surface area contributed by atoms with Gasteiger partial charge in [0.25, 0.3) is 0 Å². The smallest absolute Gasteiger partial charge is 0.232 e. The molecule has 0 saturated carbocycles. The van der Waals surface area contributed by atoms with Gasteiger partial charge in [-0.25, -0.2) is 0 Å². The third-order valence-corrected chi connectivity index (χ3v) is 7.13. The topological polar surface area (TPSA) is 58.4 Å². The van der Waals surface area contributed by atoms with Gasteiger partial charge in [0, 0.05) is 6.54 Å².